The molecule has 2 rings (SSSR count). The third-order valence-electron chi connectivity index (χ3n) is 4.50. The molecule has 1 amide bonds. The van der Waals surface area contributed by atoms with Gasteiger partial charge in [-0.2, -0.15) is 0 Å². The lowest BCUT2D eigenvalue weighted by Crippen LogP contribution is -2.31. The molecular formula is C17H25NO2. The van der Waals surface area contributed by atoms with Crippen LogP contribution in [0.4, 0.5) is 0 Å². The van der Waals surface area contributed by atoms with Gasteiger partial charge in [0.2, 0.25) is 5.91 Å². The highest BCUT2D eigenvalue weighted by atomic mass is 16.5. The van der Waals surface area contributed by atoms with Crippen LogP contribution in [0.1, 0.15) is 50.6 Å². The molecule has 1 aromatic rings. The molecule has 1 unspecified atom stereocenters. The number of hydrogen-bond donors (Lipinski definition) is 0. The van der Waals surface area contributed by atoms with Crippen LogP contribution >= 0.6 is 0 Å². The van der Waals surface area contributed by atoms with E-state index >= 15 is 0 Å². The molecule has 1 aliphatic rings. The molecule has 1 fully saturated rings. The highest BCUT2D eigenvalue weighted by Crippen LogP contribution is 2.31. The molecule has 1 aliphatic carbocycles. The van der Waals surface area contributed by atoms with E-state index in [9.17, 15) is 4.79 Å². The molecule has 1 atom stereocenters. The summed E-state index contributed by atoms with van der Waals surface area (Å²) in [4.78, 5) is 14.3. The van der Waals surface area contributed by atoms with Crippen LogP contribution in [0.25, 0.3) is 0 Å². The first-order valence-electron chi connectivity index (χ1n) is 7.52. The molecule has 0 aromatic heterocycles. The Kier molecular flexibility index (Phi) is 5.05. The number of carbonyl (C=O) groups excluding carboxylic acids is 1. The van der Waals surface area contributed by atoms with E-state index < -0.39 is 0 Å². The van der Waals surface area contributed by atoms with Gasteiger partial charge in [-0.3, -0.25) is 4.79 Å². The van der Waals surface area contributed by atoms with E-state index in [2.05, 4.69) is 6.92 Å². The van der Waals surface area contributed by atoms with Gasteiger partial charge in [0.25, 0.3) is 0 Å². The topological polar surface area (TPSA) is 29.5 Å². The zero-order chi connectivity index (χ0) is 14.5. The monoisotopic (exact) mass is 275 g/mol. The van der Waals surface area contributed by atoms with E-state index in [1.165, 1.54) is 25.7 Å². The number of nitrogens with zero attached hydrogens (tertiary/aromatic N) is 1. The Morgan fingerprint density at radius 3 is 2.65 bits per heavy atom. The Balaban J connectivity index is 2.03. The van der Waals surface area contributed by atoms with Crippen LogP contribution in [0.5, 0.6) is 5.75 Å². The van der Waals surface area contributed by atoms with Gasteiger partial charge in [-0.15, -0.1) is 0 Å². The van der Waals surface area contributed by atoms with Crippen LogP contribution in [-0.4, -0.2) is 25.0 Å². The second kappa shape index (κ2) is 6.78. The van der Waals surface area contributed by atoms with Crippen molar-refractivity contribution in [3.63, 3.8) is 0 Å². The Morgan fingerprint density at radius 2 is 2.00 bits per heavy atom. The standard InChI is InChI=1S/C17H25NO2/c1-13(15-10-6-7-11-16(15)20-3)18(2)17(19)12-14-8-4-5-9-14/h6-7,10-11,13-14H,4-5,8-9,12H2,1-3H3. The fourth-order valence-electron chi connectivity index (χ4n) is 3.04. The predicted octanol–water partition coefficient (Wildman–Crippen LogP) is 3.79. The smallest absolute Gasteiger partial charge is 0.223 e. The van der Waals surface area contributed by atoms with E-state index in [1.54, 1.807) is 7.11 Å². The van der Waals surface area contributed by atoms with E-state index in [0.717, 1.165) is 11.3 Å². The second-order valence-corrected chi connectivity index (χ2v) is 5.78. The minimum Gasteiger partial charge on any atom is -0.496 e. The lowest BCUT2D eigenvalue weighted by molar-refractivity contribution is -0.132. The molecule has 0 N–H and O–H groups in total. The fourth-order valence-corrected chi connectivity index (χ4v) is 3.04. The minimum absolute atomic E-state index is 0.0417. The molecule has 0 bridgehead atoms. The number of para-hydroxylation sites is 1. The lowest BCUT2D eigenvalue weighted by atomic mass is 10.0. The van der Waals surface area contributed by atoms with Gasteiger partial charge >= 0.3 is 0 Å². The summed E-state index contributed by atoms with van der Waals surface area (Å²) < 4.78 is 5.39. The van der Waals surface area contributed by atoms with Gasteiger partial charge in [-0.1, -0.05) is 31.0 Å². The zero-order valence-electron chi connectivity index (χ0n) is 12.8. The fraction of sp³-hybridized carbons (Fsp3) is 0.588. The van der Waals surface area contributed by atoms with E-state index in [0.29, 0.717) is 12.3 Å². The summed E-state index contributed by atoms with van der Waals surface area (Å²) in [5, 5.41) is 0. The third-order valence-corrected chi connectivity index (χ3v) is 4.50. The van der Waals surface area contributed by atoms with Crippen LogP contribution in [-0.2, 0) is 4.79 Å². The number of benzene rings is 1. The van der Waals surface area contributed by atoms with Gasteiger partial charge in [0.05, 0.1) is 13.2 Å². The first-order chi connectivity index (χ1) is 9.63. The van der Waals surface area contributed by atoms with Gasteiger partial charge in [-0.05, 0) is 31.7 Å². The molecule has 0 radical (unpaired) electrons. The lowest BCUT2D eigenvalue weighted by Gasteiger charge is -2.27. The molecule has 1 aromatic carbocycles. The van der Waals surface area contributed by atoms with Crippen molar-refractivity contribution in [1.82, 2.24) is 4.90 Å². The van der Waals surface area contributed by atoms with Crippen LogP contribution in [0.2, 0.25) is 0 Å². The summed E-state index contributed by atoms with van der Waals surface area (Å²) >= 11 is 0. The number of rotatable bonds is 5. The van der Waals surface area contributed by atoms with E-state index in [1.807, 2.05) is 36.2 Å². The van der Waals surface area contributed by atoms with Crippen molar-refractivity contribution in [2.24, 2.45) is 5.92 Å². The van der Waals surface area contributed by atoms with Gasteiger partial charge < -0.3 is 9.64 Å². The van der Waals surface area contributed by atoms with Crippen molar-refractivity contribution in [2.45, 2.75) is 45.1 Å². The highest BCUT2D eigenvalue weighted by molar-refractivity contribution is 5.76. The maximum Gasteiger partial charge on any atom is 0.223 e. The number of carbonyl (C=O) groups is 1. The zero-order valence-corrected chi connectivity index (χ0v) is 12.8. The maximum atomic E-state index is 12.4. The summed E-state index contributed by atoms with van der Waals surface area (Å²) in [6, 6.07) is 7.96. The van der Waals surface area contributed by atoms with Crippen LogP contribution in [0.3, 0.4) is 0 Å². The Morgan fingerprint density at radius 1 is 1.35 bits per heavy atom. The molecule has 3 heteroatoms. The number of methoxy groups -OCH3 is 1. The third kappa shape index (κ3) is 3.33. The van der Waals surface area contributed by atoms with Crippen molar-refractivity contribution < 1.29 is 9.53 Å². The number of amides is 1. The summed E-state index contributed by atoms with van der Waals surface area (Å²) in [6.07, 6.45) is 5.68. The molecule has 3 nitrogen and oxygen atoms in total. The average molecular weight is 275 g/mol. The first kappa shape index (κ1) is 14.9. The molecule has 20 heavy (non-hydrogen) atoms. The van der Waals surface area contributed by atoms with E-state index in [4.69, 9.17) is 4.74 Å². The van der Waals surface area contributed by atoms with Crippen molar-refractivity contribution >= 4 is 5.91 Å². The SMILES string of the molecule is COc1ccccc1C(C)N(C)C(=O)CC1CCCC1. The van der Waals surface area contributed by atoms with Gasteiger partial charge in [0, 0.05) is 19.0 Å². The highest BCUT2D eigenvalue weighted by Gasteiger charge is 2.24. The molecule has 1 saturated carbocycles. The molecule has 0 spiro atoms. The molecule has 110 valence electrons. The van der Waals surface area contributed by atoms with Crippen LogP contribution < -0.4 is 4.74 Å². The van der Waals surface area contributed by atoms with Gasteiger partial charge in [0.1, 0.15) is 5.75 Å². The van der Waals surface area contributed by atoms with E-state index in [-0.39, 0.29) is 11.9 Å². The van der Waals surface area contributed by atoms with Gasteiger partial charge in [0.15, 0.2) is 0 Å². The largest absolute Gasteiger partial charge is 0.496 e. The Bertz CT molecular complexity index is 452. The normalized spacial score (nSPS) is 16.9. The second-order valence-electron chi connectivity index (χ2n) is 5.78. The molecular weight excluding hydrogens is 250 g/mol. The summed E-state index contributed by atoms with van der Waals surface area (Å²) in [5.41, 5.74) is 1.07. The summed E-state index contributed by atoms with van der Waals surface area (Å²) in [6.45, 7) is 2.06. The molecule has 0 heterocycles. The van der Waals surface area contributed by atoms with Gasteiger partial charge in [-0.25, -0.2) is 0 Å². The maximum absolute atomic E-state index is 12.4. The van der Waals surface area contributed by atoms with Crippen molar-refractivity contribution in [1.29, 1.82) is 0 Å². The predicted molar refractivity (Wildman–Crippen MR) is 80.8 cm³/mol. The summed E-state index contributed by atoms with van der Waals surface area (Å²) in [7, 11) is 3.57. The minimum atomic E-state index is 0.0417. The molecule has 0 saturated heterocycles. The molecule has 0 aliphatic heterocycles. The average Bonchev–Trinajstić information content (AvgIpc) is 2.98. The first-order valence-corrected chi connectivity index (χ1v) is 7.52. The van der Waals surface area contributed by atoms with Crippen molar-refractivity contribution in [3.05, 3.63) is 29.8 Å². The quantitative estimate of drug-likeness (QED) is 0.818. The van der Waals surface area contributed by atoms with Crippen LogP contribution in [0.15, 0.2) is 24.3 Å². The Hall–Kier alpha value is -1.51. The van der Waals surface area contributed by atoms with Crippen molar-refractivity contribution in [2.75, 3.05) is 14.2 Å². The Labute approximate surface area is 121 Å². The number of ether oxygens (including phenoxy) is 1. The number of hydrogen-bond acceptors (Lipinski definition) is 2. The van der Waals surface area contributed by atoms with Crippen molar-refractivity contribution in [3.8, 4) is 5.75 Å². The summed E-state index contributed by atoms with van der Waals surface area (Å²) in [5.74, 6) is 1.69. The van der Waals surface area contributed by atoms with Crippen LogP contribution in [0, 0.1) is 5.92 Å².